The molecular formula is C11H18N2O. The number of aliphatic hydroxyl groups is 1. The highest BCUT2D eigenvalue weighted by Crippen LogP contribution is 2.14. The molecule has 0 aliphatic carbocycles. The maximum absolute atomic E-state index is 9.44. The first-order valence-corrected chi connectivity index (χ1v) is 4.93. The Labute approximate surface area is 84.9 Å². The molecule has 0 bridgehead atoms. The van der Waals surface area contributed by atoms with E-state index in [2.05, 4.69) is 5.32 Å². The highest BCUT2D eigenvalue weighted by Gasteiger charge is 2.11. The van der Waals surface area contributed by atoms with Crippen molar-refractivity contribution >= 4 is 11.4 Å². The van der Waals surface area contributed by atoms with Crippen molar-refractivity contribution in [3.8, 4) is 0 Å². The molecule has 1 aromatic rings. The molecule has 0 heterocycles. The van der Waals surface area contributed by atoms with Crippen molar-refractivity contribution in [3.63, 3.8) is 0 Å². The normalized spacial score (nSPS) is 14.8. The molecule has 2 atom stereocenters. The van der Waals surface area contributed by atoms with Crippen LogP contribution >= 0.6 is 0 Å². The van der Waals surface area contributed by atoms with Crippen molar-refractivity contribution in [2.24, 2.45) is 0 Å². The van der Waals surface area contributed by atoms with E-state index in [1.807, 2.05) is 31.2 Å². The van der Waals surface area contributed by atoms with Gasteiger partial charge in [0.2, 0.25) is 0 Å². The number of hydrogen-bond donors (Lipinski definition) is 3. The van der Waals surface area contributed by atoms with Gasteiger partial charge >= 0.3 is 0 Å². The topological polar surface area (TPSA) is 58.3 Å². The van der Waals surface area contributed by atoms with Crippen LogP contribution in [-0.2, 0) is 0 Å². The molecule has 0 amide bonds. The summed E-state index contributed by atoms with van der Waals surface area (Å²) in [5, 5.41) is 12.7. The summed E-state index contributed by atoms with van der Waals surface area (Å²) in [4.78, 5) is 0. The molecule has 0 aromatic heterocycles. The quantitative estimate of drug-likeness (QED) is 0.641. The summed E-state index contributed by atoms with van der Waals surface area (Å²) in [5.74, 6) is 0. The Morgan fingerprint density at radius 1 is 1.36 bits per heavy atom. The second-order valence-corrected chi connectivity index (χ2v) is 3.52. The number of anilines is 2. The zero-order valence-electron chi connectivity index (χ0n) is 8.70. The van der Waals surface area contributed by atoms with Gasteiger partial charge in [-0.2, -0.15) is 0 Å². The molecule has 0 aliphatic rings. The van der Waals surface area contributed by atoms with Crippen LogP contribution in [0.2, 0.25) is 0 Å². The predicted molar refractivity (Wildman–Crippen MR) is 60.2 cm³/mol. The third-order valence-electron chi connectivity index (χ3n) is 2.28. The number of hydrogen-bond acceptors (Lipinski definition) is 3. The molecule has 2 unspecified atom stereocenters. The number of nitrogens with one attached hydrogen (secondary N) is 1. The average Bonchev–Trinajstić information content (AvgIpc) is 2.16. The highest BCUT2D eigenvalue weighted by atomic mass is 16.3. The van der Waals surface area contributed by atoms with Gasteiger partial charge in [0.1, 0.15) is 0 Å². The van der Waals surface area contributed by atoms with Crippen molar-refractivity contribution in [2.75, 3.05) is 11.1 Å². The Kier molecular flexibility index (Phi) is 3.77. The first kappa shape index (κ1) is 10.9. The van der Waals surface area contributed by atoms with Crippen molar-refractivity contribution in [3.05, 3.63) is 24.3 Å². The van der Waals surface area contributed by atoms with Crippen molar-refractivity contribution in [1.82, 2.24) is 0 Å². The summed E-state index contributed by atoms with van der Waals surface area (Å²) in [6.07, 6.45) is 0.541. The predicted octanol–water partition coefficient (Wildman–Crippen LogP) is 1.84. The van der Waals surface area contributed by atoms with Gasteiger partial charge in [-0.15, -0.1) is 0 Å². The molecule has 3 nitrogen and oxygen atoms in total. The van der Waals surface area contributed by atoms with Crippen molar-refractivity contribution in [2.45, 2.75) is 32.4 Å². The molecule has 3 heteroatoms. The van der Waals surface area contributed by atoms with Crippen LogP contribution in [0.5, 0.6) is 0 Å². The Hall–Kier alpha value is -1.22. The lowest BCUT2D eigenvalue weighted by molar-refractivity contribution is 0.169. The molecular weight excluding hydrogens is 176 g/mol. The van der Waals surface area contributed by atoms with Crippen LogP contribution in [0.3, 0.4) is 0 Å². The fraction of sp³-hybridized carbons (Fsp3) is 0.455. The Bertz CT molecular complexity index is 269. The molecule has 4 N–H and O–H groups in total. The summed E-state index contributed by atoms with van der Waals surface area (Å²) >= 11 is 0. The van der Waals surface area contributed by atoms with Crippen LogP contribution in [0.1, 0.15) is 20.3 Å². The van der Waals surface area contributed by atoms with Crippen molar-refractivity contribution in [1.29, 1.82) is 0 Å². The van der Waals surface area contributed by atoms with Crippen molar-refractivity contribution < 1.29 is 5.11 Å². The zero-order valence-corrected chi connectivity index (χ0v) is 8.70. The van der Waals surface area contributed by atoms with Gasteiger partial charge in [-0.3, -0.25) is 0 Å². The van der Waals surface area contributed by atoms with Crippen LogP contribution in [0, 0.1) is 0 Å². The third-order valence-corrected chi connectivity index (χ3v) is 2.28. The molecule has 1 rings (SSSR count). The maximum Gasteiger partial charge on any atom is 0.0712 e. The van der Waals surface area contributed by atoms with E-state index in [1.165, 1.54) is 0 Å². The standard InChI is InChI=1S/C11H18N2O/c1-3-11(8(2)14)13-10-6-4-9(12)5-7-10/h4-8,11,13-14H,3,12H2,1-2H3. The van der Waals surface area contributed by atoms with E-state index in [9.17, 15) is 5.11 Å². The largest absolute Gasteiger partial charge is 0.399 e. The Morgan fingerprint density at radius 3 is 2.36 bits per heavy atom. The van der Waals surface area contributed by atoms with Crippen LogP contribution in [0.25, 0.3) is 0 Å². The van der Waals surface area contributed by atoms with Crippen LogP contribution in [0.15, 0.2) is 24.3 Å². The third kappa shape index (κ3) is 2.92. The minimum Gasteiger partial charge on any atom is -0.399 e. The fourth-order valence-corrected chi connectivity index (χ4v) is 1.36. The molecule has 1 aromatic carbocycles. The number of nitrogens with two attached hydrogens (primary N) is 1. The van der Waals surface area contributed by atoms with Gasteiger partial charge in [0.05, 0.1) is 12.1 Å². The lowest BCUT2D eigenvalue weighted by atomic mass is 10.1. The number of nitrogen functional groups attached to an aromatic ring is 1. The van der Waals surface area contributed by atoms with E-state index >= 15 is 0 Å². The van der Waals surface area contributed by atoms with Gasteiger partial charge in [-0.25, -0.2) is 0 Å². The SMILES string of the molecule is CCC(Nc1ccc(N)cc1)C(C)O. The second-order valence-electron chi connectivity index (χ2n) is 3.52. The minimum atomic E-state index is -0.349. The average molecular weight is 194 g/mol. The monoisotopic (exact) mass is 194 g/mol. The summed E-state index contributed by atoms with van der Waals surface area (Å²) in [7, 11) is 0. The van der Waals surface area contributed by atoms with Gasteiger partial charge in [-0.1, -0.05) is 6.92 Å². The number of rotatable bonds is 4. The first-order valence-electron chi connectivity index (χ1n) is 4.93. The highest BCUT2D eigenvalue weighted by molar-refractivity contribution is 5.51. The second kappa shape index (κ2) is 4.86. The van der Waals surface area contributed by atoms with Gasteiger partial charge < -0.3 is 16.2 Å². The summed E-state index contributed by atoms with van der Waals surface area (Å²) in [5.41, 5.74) is 7.32. The smallest absolute Gasteiger partial charge is 0.0712 e. The first-order chi connectivity index (χ1) is 6.63. The Balaban J connectivity index is 2.63. The molecule has 0 spiro atoms. The van der Waals surface area contributed by atoms with Crippen LogP contribution in [0.4, 0.5) is 11.4 Å². The van der Waals surface area contributed by atoms with E-state index in [0.29, 0.717) is 0 Å². The summed E-state index contributed by atoms with van der Waals surface area (Å²) in [6, 6.07) is 7.62. The van der Waals surface area contributed by atoms with Gasteiger partial charge in [0, 0.05) is 11.4 Å². The molecule has 0 saturated carbocycles. The van der Waals surface area contributed by atoms with E-state index in [0.717, 1.165) is 17.8 Å². The van der Waals surface area contributed by atoms with E-state index in [4.69, 9.17) is 5.73 Å². The lowest BCUT2D eigenvalue weighted by Gasteiger charge is -2.20. The summed E-state index contributed by atoms with van der Waals surface area (Å²) in [6.45, 7) is 3.83. The molecule has 0 fully saturated rings. The van der Waals surface area contributed by atoms with Crippen LogP contribution < -0.4 is 11.1 Å². The van der Waals surface area contributed by atoms with E-state index < -0.39 is 0 Å². The molecule has 0 radical (unpaired) electrons. The summed E-state index contributed by atoms with van der Waals surface area (Å²) < 4.78 is 0. The minimum absolute atomic E-state index is 0.0959. The fourth-order valence-electron chi connectivity index (χ4n) is 1.36. The molecule has 0 aliphatic heterocycles. The van der Waals surface area contributed by atoms with Crippen LogP contribution in [-0.4, -0.2) is 17.3 Å². The van der Waals surface area contributed by atoms with Gasteiger partial charge in [0.15, 0.2) is 0 Å². The number of aliphatic hydroxyl groups excluding tert-OH is 1. The lowest BCUT2D eigenvalue weighted by Crippen LogP contribution is -2.30. The molecule has 78 valence electrons. The zero-order chi connectivity index (χ0) is 10.6. The number of benzene rings is 1. The maximum atomic E-state index is 9.44. The molecule has 0 saturated heterocycles. The van der Waals surface area contributed by atoms with Gasteiger partial charge in [-0.05, 0) is 37.6 Å². The van der Waals surface area contributed by atoms with E-state index in [1.54, 1.807) is 6.92 Å². The molecule has 14 heavy (non-hydrogen) atoms. The van der Waals surface area contributed by atoms with E-state index in [-0.39, 0.29) is 12.1 Å². The Morgan fingerprint density at radius 2 is 1.93 bits per heavy atom. The van der Waals surface area contributed by atoms with Gasteiger partial charge in [0.25, 0.3) is 0 Å².